The fourth-order valence-electron chi connectivity index (χ4n) is 3.43. The molecule has 2 aromatic rings. The van der Waals surface area contributed by atoms with Gasteiger partial charge in [0.25, 0.3) is 0 Å². The summed E-state index contributed by atoms with van der Waals surface area (Å²) in [4.78, 5) is 1.40. The zero-order valence-electron chi connectivity index (χ0n) is 15.7. The number of aliphatic hydroxyl groups excluding tert-OH is 1. The predicted octanol–water partition coefficient (Wildman–Crippen LogP) is 2.88. The molecule has 0 spiro atoms. The van der Waals surface area contributed by atoms with E-state index in [4.69, 9.17) is 0 Å². The molecule has 0 radical (unpaired) electrons. The molecular formula is C21H32FN2O+. The van der Waals surface area contributed by atoms with Crippen LogP contribution >= 0.6 is 0 Å². The van der Waals surface area contributed by atoms with Gasteiger partial charge < -0.3 is 14.6 Å². The zero-order valence-corrected chi connectivity index (χ0v) is 15.7. The maximum absolute atomic E-state index is 13.4. The van der Waals surface area contributed by atoms with Crippen molar-refractivity contribution in [2.45, 2.75) is 52.8 Å². The van der Waals surface area contributed by atoms with Crippen LogP contribution in [0.2, 0.25) is 0 Å². The van der Waals surface area contributed by atoms with E-state index >= 15 is 0 Å². The minimum atomic E-state index is -0.245. The topological polar surface area (TPSA) is 29.6 Å². The van der Waals surface area contributed by atoms with Crippen molar-refractivity contribution in [2.24, 2.45) is 5.92 Å². The van der Waals surface area contributed by atoms with Gasteiger partial charge in [-0.05, 0) is 36.2 Å². The fraction of sp³-hybridized carbons (Fsp3) is 0.524. The molecule has 0 fully saturated rings. The van der Waals surface area contributed by atoms with E-state index in [1.807, 2.05) is 12.1 Å². The molecule has 25 heavy (non-hydrogen) atoms. The molecule has 2 atom stereocenters. The molecule has 0 aliphatic carbocycles. The van der Waals surface area contributed by atoms with Crippen molar-refractivity contribution in [1.82, 2.24) is 4.57 Å². The zero-order chi connectivity index (χ0) is 18.2. The molecule has 2 rings (SSSR count). The van der Waals surface area contributed by atoms with Crippen LogP contribution in [0.5, 0.6) is 0 Å². The van der Waals surface area contributed by atoms with E-state index in [-0.39, 0.29) is 11.9 Å². The first kappa shape index (κ1) is 19.7. The van der Waals surface area contributed by atoms with Gasteiger partial charge in [0.1, 0.15) is 25.0 Å². The highest BCUT2D eigenvalue weighted by molar-refractivity contribution is 5.18. The average Bonchev–Trinajstić information content (AvgIpc) is 2.93. The van der Waals surface area contributed by atoms with Crippen LogP contribution in [0.25, 0.3) is 0 Å². The maximum Gasteiger partial charge on any atom is 0.123 e. The van der Waals surface area contributed by atoms with Crippen molar-refractivity contribution in [3.8, 4) is 0 Å². The molecule has 0 bridgehead atoms. The summed E-state index contributed by atoms with van der Waals surface area (Å²) in [6.45, 7) is 9.91. The van der Waals surface area contributed by atoms with E-state index in [0.717, 1.165) is 38.0 Å². The Kier molecular flexibility index (Phi) is 7.66. The van der Waals surface area contributed by atoms with Gasteiger partial charge in [-0.2, -0.15) is 0 Å². The third kappa shape index (κ3) is 6.63. The monoisotopic (exact) mass is 347 g/mol. The number of hydrogen-bond acceptors (Lipinski definition) is 1. The number of aromatic nitrogens is 1. The first-order valence-corrected chi connectivity index (χ1v) is 9.38. The van der Waals surface area contributed by atoms with Gasteiger partial charge in [0.2, 0.25) is 0 Å². The summed E-state index contributed by atoms with van der Waals surface area (Å²) in [6, 6.07) is 11.0. The van der Waals surface area contributed by atoms with Crippen molar-refractivity contribution in [3.05, 3.63) is 59.7 Å². The van der Waals surface area contributed by atoms with Crippen LogP contribution in [0.4, 0.5) is 4.39 Å². The summed E-state index contributed by atoms with van der Waals surface area (Å²) in [5.74, 6) is 0.386. The molecule has 1 aromatic heterocycles. The molecule has 3 nitrogen and oxygen atoms in total. The van der Waals surface area contributed by atoms with E-state index in [2.05, 4.69) is 37.6 Å². The Balaban J connectivity index is 2.07. The Bertz CT molecular complexity index is 638. The summed E-state index contributed by atoms with van der Waals surface area (Å²) in [7, 11) is 0. The molecule has 0 saturated heterocycles. The summed E-state index contributed by atoms with van der Waals surface area (Å²) in [6.07, 6.45) is 3.67. The van der Waals surface area contributed by atoms with Crippen molar-refractivity contribution in [2.75, 3.05) is 13.1 Å². The van der Waals surface area contributed by atoms with Gasteiger partial charge in [-0.25, -0.2) is 4.39 Å². The Labute approximate surface area is 151 Å². The average molecular weight is 347 g/mol. The standard InChI is InChI=1S/C21H31FN2O/c1-4-7-21(25)16-23(13-17(2)3)15-20-10-6-11-24(20)14-18-8-5-9-19(22)12-18/h5-6,8-12,17,21,25H,4,7,13-16H2,1-3H3/p+1/t21-/m1/s1. The van der Waals surface area contributed by atoms with Crippen LogP contribution in [0.15, 0.2) is 42.6 Å². The molecule has 0 aliphatic heterocycles. The van der Waals surface area contributed by atoms with Gasteiger partial charge in [-0.15, -0.1) is 0 Å². The van der Waals surface area contributed by atoms with E-state index < -0.39 is 0 Å². The molecule has 1 unspecified atom stereocenters. The van der Waals surface area contributed by atoms with Gasteiger partial charge in [-0.1, -0.05) is 39.3 Å². The largest absolute Gasteiger partial charge is 0.387 e. The molecular weight excluding hydrogens is 315 g/mol. The SMILES string of the molecule is CCC[C@@H](O)C[NH+](Cc1cccn1Cc1cccc(F)c1)CC(C)C. The quantitative estimate of drug-likeness (QED) is 0.680. The molecule has 0 saturated carbocycles. The smallest absolute Gasteiger partial charge is 0.123 e. The number of rotatable bonds is 10. The summed E-state index contributed by atoms with van der Waals surface area (Å²) in [5.41, 5.74) is 2.19. The minimum Gasteiger partial charge on any atom is -0.387 e. The van der Waals surface area contributed by atoms with Crippen molar-refractivity contribution < 1.29 is 14.4 Å². The Morgan fingerprint density at radius 1 is 1.16 bits per heavy atom. The van der Waals surface area contributed by atoms with Gasteiger partial charge >= 0.3 is 0 Å². The molecule has 138 valence electrons. The van der Waals surface area contributed by atoms with E-state index in [9.17, 15) is 9.50 Å². The van der Waals surface area contributed by atoms with E-state index in [0.29, 0.717) is 12.5 Å². The second kappa shape index (κ2) is 9.73. The third-order valence-corrected chi connectivity index (χ3v) is 4.44. The summed E-state index contributed by atoms with van der Waals surface area (Å²) in [5, 5.41) is 10.2. The van der Waals surface area contributed by atoms with Gasteiger partial charge in [0.05, 0.1) is 12.2 Å². The number of benzene rings is 1. The lowest BCUT2D eigenvalue weighted by molar-refractivity contribution is -0.920. The number of quaternary nitrogens is 1. The lowest BCUT2D eigenvalue weighted by atomic mass is 10.1. The number of aliphatic hydroxyl groups is 1. The molecule has 0 amide bonds. The third-order valence-electron chi connectivity index (χ3n) is 4.44. The highest BCUT2D eigenvalue weighted by Crippen LogP contribution is 2.09. The molecule has 4 heteroatoms. The lowest BCUT2D eigenvalue weighted by Crippen LogP contribution is -3.12. The normalized spacial score (nSPS) is 14.0. The second-order valence-corrected chi connectivity index (χ2v) is 7.43. The van der Waals surface area contributed by atoms with Crippen molar-refractivity contribution in [1.29, 1.82) is 0 Å². The maximum atomic E-state index is 13.4. The number of hydrogen-bond donors (Lipinski definition) is 2. The van der Waals surface area contributed by atoms with Gasteiger partial charge in [-0.3, -0.25) is 0 Å². The van der Waals surface area contributed by atoms with Gasteiger partial charge in [0, 0.05) is 18.7 Å². The highest BCUT2D eigenvalue weighted by Gasteiger charge is 2.18. The van der Waals surface area contributed by atoms with Crippen LogP contribution in [-0.4, -0.2) is 28.9 Å². The Morgan fingerprint density at radius 2 is 1.96 bits per heavy atom. The Hall–Kier alpha value is -1.65. The predicted molar refractivity (Wildman–Crippen MR) is 100 cm³/mol. The minimum absolute atomic E-state index is 0.194. The first-order valence-electron chi connectivity index (χ1n) is 9.38. The number of nitrogens with one attached hydrogen (secondary N) is 1. The van der Waals surface area contributed by atoms with Crippen LogP contribution in [0.1, 0.15) is 44.9 Å². The number of halogens is 1. The summed E-state index contributed by atoms with van der Waals surface area (Å²) < 4.78 is 15.6. The first-order chi connectivity index (χ1) is 12.0. The molecule has 1 heterocycles. The second-order valence-electron chi connectivity index (χ2n) is 7.43. The highest BCUT2D eigenvalue weighted by atomic mass is 19.1. The summed E-state index contributed by atoms with van der Waals surface area (Å²) >= 11 is 0. The van der Waals surface area contributed by atoms with E-state index in [1.165, 1.54) is 16.7 Å². The lowest BCUT2D eigenvalue weighted by Gasteiger charge is -2.24. The van der Waals surface area contributed by atoms with Crippen LogP contribution in [-0.2, 0) is 13.1 Å². The van der Waals surface area contributed by atoms with Crippen molar-refractivity contribution in [3.63, 3.8) is 0 Å². The van der Waals surface area contributed by atoms with Crippen molar-refractivity contribution >= 4 is 0 Å². The van der Waals surface area contributed by atoms with Crippen LogP contribution in [0.3, 0.4) is 0 Å². The van der Waals surface area contributed by atoms with Gasteiger partial charge in [0.15, 0.2) is 0 Å². The van der Waals surface area contributed by atoms with Crippen LogP contribution in [0, 0.1) is 11.7 Å². The Morgan fingerprint density at radius 3 is 2.64 bits per heavy atom. The van der Waals surface area contributed by atoms with Crippen LogP contribution < -0.4 is 4.90 Å². The number of nitrogens with zero attached hydrogens (tertiary/aromatic N) is 1. The molecule has 0 aliphatic rings. The molecule has 1 aromatic carbocycles. The fourth-order valence-corrected chi connectivity index (χ4v) is 3.43. The van der Waals surface area contributed by atoms with E-state index in [1.54, 1.807) is 12.1 Å². The molecule has 2 N–H and O–H groups in total.